The van der Waals surface area contributed by atoms with Gasteiger partial charge in [-0.15, -0.1) is 0 Å². The molecule has 1 aromatic rings. The molecule has 5 heteroatoms. The van der Waals surface area contributed by atoms with Gasteiger partial charge in [0.15, 0.2) is 0 Å². The molecule has 0 aliphatic heterocycles. The van der Waals surface area contributed by atoms with E-state index in [-0.39, 0.29) is 11.3 Å². The van der Waals surface area contributed by atoms with E-state index in [0.717, 1.165) is 18.5 Å². The summed E-state index contributed by atoms with van der Waals surface area (Å²) in [5.41, 5.74) is 6.56. The normalized spacial score (nSPS) is 13.3. The molecule has 1 heterocycles. The molecule has 3 N–H and O–H groups in total. The predicted molar refractivity (Wildman–Crippen MR) is 75.7 cm³/mol. The third-order valence-corrected chi connectivity index (χ3v) is 3.35. The van der Waals surface area contributed by atoms with Gasteiger partial charge in [0, 0.05) is 12.5 Å². The van der Waals surface area contributed by atoms with Gasteiger partial charge < -0.3 is 10.3 Å². The highest BCUT2D eigenvalue weighted by Gasteiger charge is 2.24. The van der Waals surface area contributed by atoms with Crippen molar-refractivity contribution in [1.82, 2.24) is 5.16 Å². The summed E-state index contributed by atoms with van der Waals surface area (Å²) < 4.78 is 4.95. The van der Waals surface area contributed by atoms with E-state index >= 15 is 0 Å². The number of nitrogens with one attached hydrogen (secondary N) is 1. The first-order valence-corrected chi connectivity index (χ1v) is 6.76. The van der Waals surface area contributed by atoms with Crippen LogP contribution < -0.4 is 11.1 Å². The Kier molecular flexibility index (Phi) is 5.54. The van der Waals surface area contributed by atoms with Gasteiger partial charge in [-0.2, -0.15) is 0 Å². The van der Waals surface area contributed by atoms with Crippen LogP contribution in [0.25, 0.3) is 0 Å². The topological polar surface area (TPSA) is 81.2 Å². The average molecular weight is 267 g/mol. The lowest BCUT2D eigenvalue weighted by molar-refractivity contribution is -0.116. The van der Waals surface area contributed by atoms with E-state index < -0.39 is 0 Å². The van der Waals surface area contributed by atoms with Crippen LogP contribution in [0.1, 0.15) is 45.7 Å². The largest absolute Gasteiger partial charge is 0.338 e. The molecule has 0 aliphatic rings. The quantitative estimate of drug-likeness (QED) is 0.830. The molecule has 0 aromatic carbocycles. The van der Waals surface area contributed by atoms with Crippen LogP contribution in [0.3, 0.4) is 0 Å². The molecular formula is C14H25N3O2. The summed E-state index contributed by atoms with van der Waals surface area (Å²) in [6, 6.07) is 1.71. The molecule has 1 rings (SSSR count). The van der Waals surface area contributed by atoms with Crippen LogP contribution in [-0.4, -0.2) is 17.6 Å². The maximum Gasteiger partial charge on any atom is 0.231 e. The van der Waals surface area contributed by atoms with Crippen LogP contribution in [0.4, 0.5) is 5.88 Å². The highest BCUT2D eigenvalue weighted by molar-refractivity contribution is 5.89. The van der Waals surface area contributed by atoms with Gasteiger partial charge in [0.25, 0.3) is 0 Å². The number of aryl methyl sites for hydroxylation is 1. The third-order valence-electron chi connectivity index (χ3n) is 3.35. The van der Waals surface area contributed by atoms with E-state index in [1.54, 1.807) is 6.07 Å². The number of hydrogen-bond acceptors (Lipinski definition) is 4. The van der Waals surface area contributed by atoms with Crippen molar-refractivity contribution in [2.24, 2.45) is 17.1 Å². The van der Waals surface area contributed by atoms with Gasteiger partial charge in [-0.1, -0.05) is 25.9 Å². The molecule has 5 nitrogen and oxygen atoms in total. The Hall–Kier alpha value is -1.36. The van der Waals surface area contributed by atoms with Crippen LogP contribution >= 0.6 is 0 Å². The molecule has 0 fully saturated rings. The molecule has 1 aromatic heterocycles. The zero-order valence-corrected chi connectivity index (χ0v) is 12.3. The number of carbonyl (C=O) groups is 1. The third kappa shape index (κ3) is 5.42. The van der Waals surface area contributed by atoms with Crippen molar-refractivity contribution >= 4 is 11.8 Å². The summed E-state index contributed by atoms with van der Waals surface area (Å²) in [5, 5.41) is 6.44. The number of nitrogens with zero attached hydrogens (tertiary/aromatic N) is 1. The lowest BCUT2D eigenvalue weighted by Gasteiger charge is -2.30. The van der Waals surface area contributed by atoms with Crippen molar-refractivity contribution in [1.29, 1.82) is 0 Å². The molecule has 0 spiro atoms. The van der Waals surface area contributed by atoms with Gasteiger partial charge in [0.2, 0.25) is 11.8 Å². The first-order chi connectivity index (χ1) is 8.82. The zero-order chi connectivity index (χ0) is 14.5. The predicted octanol–water partition coefficient (Wildman–Crippen LogP) is 2.71. The minimum Gasteiger partial charge on any atom is -0.338 e. The lowest BCUT2D eigenvalue weighted by Crippen LogP contribution is -2.25. The molecule has 108 valence electrons. The standard InChI is InChI=1S/C14H25N3O2/c1-10-9-13(19-17-10)16-12(18)6-5-11(7-8-15)14(2,3)4/h9,11H,5-8,15H2,1-4H3,(H,16,18). The fraction of sp³-hybridized carbons (Fsp3) is 0.714. The highest BCUT2D eigenvalue weighted by Crippen LogP contribution is 2.32. The maximum absolute atomic E-state index is 11.8. The van der Waals surface area contributed by atoms with Crippen molar-refractivity contribution in [2.75, 3.05) is 11.9 Å². The second-order valence-electron chi connectivity index (χ2n) is 6.06. The first-order valence-electron chi connectivity index (χ1n) is 6.76. The van der Waals surface area contributed by atoms with Gasteiger partial charge in [0.1, 0.15) is 0 Å². The van der Waals surface area contributed by atoms with Crippen molar-refractivity contribution < 1.29 is 9.32 Å². The lowest BCUT2D eigenvalue weighted by atomic mass is 9.76. The van der Waals surface area contributed by atoms with E-state index in [2.05, 4.69) is 31.2 Å². The molecule has 19 heavy (non-hydrogen) atoms. The Morgan fingerprint density at radius 2 is 2.16 bits per heavy atom. The van der Waals surface area contributed by atoms with Crippen LogP contribution in [0, 0.1) is 18.3 Å². The number of carbonyl (C=O) groups excluding carboxylic acids is 1. The number of hydrogen-bond donors (Lipinski definition) is 2. The van der Waals surface area contributed by atoms with E-state index in [1.807, 2.05) is 6.92 Å². The van der Waals surface area contributed by atoms with E-state index in [4.69, 9.17) is 10.3 Å². The van der Waals surface area contributed by atoms with Crippen LogP contribution in [0.15, 0.2) is 10.6 Å². The summed E-state index contributed by atoms with van der Waals surface area (Å²) in [7, 11) is 0. The van der Waals surface area contributed by atoms with E-state index in [1.165, 1.54) is 0 Å². The van der Waals surface area contributed by atoms with Gasteiger partial charge in [0.05, 0.1) is 5.69 Å². The minimum absolute atomic E-state index is 0.0394. The van der Waals surface area contributed by atoms with Crippen LogP contribution in [0.2, 0.25) is 0 Å². The Balaban J connectivity index is 2.43. The monoisotopic (exact) mass is 267 g/mol. The van der Waals surface area contributed by atoms with E-state index in [9.17, 15) is 4.79 Å². The SMILES string of the molecule is Cc1cc(NC(=O)CCC(CCN)C(C)(C)C)on1. The van der Waals surface area contributed by atoms with Gasteiger partial charge in [-0.3, -0.25) is 10.1 Å². The molecule has 1 atom stereocenters. The summed E-state index contributed by atoms with van der Waals surface area (Å²) in [6.07, 6.45) is 2.25. The molecule has 1 amide bonds. The Labute approximate surface area is 114 Å². The zero-order valence-electron chi connectivity index (χ0n) is 12.3. The fourth-order valence-electron chi connectivity index (χ4n) is 2.14. The molecule has 0 saturated carbocycles. The van der Waals surface area contributed by atoms with Crippen molar-refractivity contribution in [2.45, 2.75) is 47.0 Å². The van der Waals surface area contributed by atoms with Gasteiger partial charge in [-0.05, 0) is 37.6 Å². The second-order valence-corrected chi connectivity index (χ2v) is 6.06. The number of amides is 1. The molecule has 0 saturated heterocycles. The van der Waals surface area contributed by atoms with Crippen molar-refractivity contribution in [3.8, 4) is 0 Å². The smallest absolute Gasteiger partial charge is 0.231 e. The molecule has 0 radical (unpaired) electrons. The molecule has 0 aliphatic carbocycles. The Morgan fingerprint density at radius 1 is 1.47 bits per heavy atom. The number of nitrogens with two attached hydrogens (primary N) is 1. The summed E-state index contributed by atoms with van der Waals surface area (Å²) >= 11 is 0. The molecule has 0 bridgehead atoms. The second kappa shape index (κ2) is 6.70. The number of aromatic nitrogens is 1. The highest BCUT2D eigenvalue weighted by atomic mass is 16.5. The average Bonchev–Trinajstić information content (AvgIpc) is 2.68. The summed E-state index contributed by atoms with van der Waals surface area (Å²) in [4.78, 5) is 11.8. The maximum atomic E-state index is 11.8. The van der Waals surface area contributed by atoms with Gasteiger partial charge in [-0.25, -0.2) is 0 Å². The van der Waals surface area contributed by atoms with Gasteiger partial charge >= 0.3 is 0 Å². The summed E-state index contributed by atoms with van der Waals surface area (Å²) in [5.74, 6) is 0.816. The Morgan fingerprint density at radius 3 is 2.63 bits per heavy atom. The number of anilines is 1. The molecular weight excluding hydrogens is 242 g/mol. The van der Waals surface area contributed by atoms with Crippen LogP contribution in [-0.2, 0) is 4.79 Å². The van der Waals surface area contributed by atoms with Crippen molar-refractivity contribution in [3.63, 3.8) is 0 Å². The fourth-order valence-corrected chi connectivity index (χ4v) is 2.14. The van der Waals surface area contributed by atoms with Crippen LogP contribution in [0.5, 0.6) is 0 Å². The van der Waals surface area contributed by atoms with E-state index in [0.29, 0.717) is 24.8 Å². The van der Waals surface area contributed by atoms with Crippen molar-refractivity contribution in [3.05, 3.63) is 11.8 Å². The Bertz CT molecular complexity index is 407. The molecule has 1 unspecified atom stereocenters. The summed E-state index contributed by atoms with van der Waals surface area (Å²) in [6.45, 7) is 9.03. The minimum atomic E-state index is -0.0394. The first kappa shape index (κ1) is 15.7. The number of rotatable bonds is 6.